The van der Waals surface area contributed by atoms with Gasteiger partial charge in [0.15, 0.2) is 0 Å². The Morgan fingerprint density at radius 2 is 1.50 bits per heavy atom. The summed E-state index contributed by atoms with van der Waals surface area (Å²) < 4.78 is 0. The van der Waals surface area contributed by atoms with E-state index in [0.29, 0.717) is 0 Å². The molecule has 0 saturated heterocycles. The molecule has 2 rings (SSSR count). The van der Waals surface area contributed by atoms with Crippen LogP contribution in [0.25, 0.3) is 0 Å². The zero-order valence-corrected chi connectivity index (χ0v) is 12.3. The lowest BCUT2D eigenvalue weighted by Crippen LogP contribution is -2.08. The highest BCUT2D eigenvalue weighted by Crippen LogP contribution is 2.21. The van der Waals surface area contributed by atoms with Gasteiger partial charge in [-0.1, -0.05) is 31.8 Å². The van der Waals surface area contributed by atoms with Gasteiger partial charge >= 0.3 is 6.16 Å². The molecule has 1 heterocycles. The summed E-state index contributed by atoms with van der Waals surface area (Å²) in [4.78, 5) is 13.4. The molecule has 1 aliphatic heterocycles. The van der Waals surface area contributed by atoms with Crippen LogP contribution < -0.4 is 0 Å². The van der Waals surface area contributed by atoms with Gasteiger partial charge < -0.3 is 10.2 Å². The van der Waals surface area contributed by atoms with E-state index in [4.69, 9.17) is 20.0 Å². The van der Waals surface area contributed by atoms with Crippen LogP contribution in [0.5, 0.6) is 0 Å². The molecule has 0 atom stereocenters. The summed E-state index contributed by atoms with van der Waals surface area (Å²) in [6.45, 7) is 1.08. The molecular formula is C16H27NO3. The molecule has 0 aromatic carbocycles. The number of hydrogen-bond donors (Lipinski definition) is 2. The second kappa shape index (κ2) is 10.5. The topological polar surface area (TPSA) is 69.9 Å². The fraction of sp³-hybridized carbons (Fsp3) is 0.750. The van der Waals surface area contributed by atoms with Gasteiger partial charge in [-0.05, 0) is 50.5 Å². The van der Waals surface area contributed by atoms with Crippen LogP contribution >= 0.6 is 0 Å². The molecule has 0 unspecified atom stereocenters. The highest BCUT2D eigenvalue weighted by atomic mass is 16.6. The molecule has 0 saturated carbocycles. The standard InChI is InChI=1S/C15H25N.CH2O3/c1-2-6-10-14(11-7-3-1)15-12-8-4-5-9-13-16-15;2-1(3)4/h10H,1-9,11-13H2;(H2,2,3,4). The summed E-state index contributed by atoms with van der Waals surface area (Å²) in [6.07, 6.45) is 15.5. The van der Waals surface area contributed by atoms with Crippen molar-refractivity contribution >= 4 is 11.9 Å². The Bertz CT molecular complexity index is 316. The normalized spacial score (nSPS) is 20.8. The summed E-state index contributed by atoms with van der Waals surface area (Å²) in [6, 6.07) is 0. The quantitative estimate of drug-likeness (QED) is 0.718. The molecule has 2 aliphatic rings. The maximum atomic E-state index is 8.56. The van der Waals surface area contributed by atoms with Gasteiger partial charge in [-0.3, -0.25) is 4.99 Å². The zero-order chi connectivity index (χ0) is 14.6. The second-order valence-corrected chi connectivity index (χ2v) is 5.46. The van der Waals surface area contributed by atoms with Crippen LogP contribution in [0.2, 0.25) is 0 Å². The van der Waals surface area contributed by atoms with Crippen molar-refractivity contribution in [3.8, 4) is 0 Å². The first-order chi connectivity index (χ1) is 9.70. The monoisotopic (exact) mass is 281 g/mol. The Morgan fingerprint density at radius 3 is 2.25 bits per heavy atom. The SMILES string of the molecule is C1=C(C2=NCCCCCC2)CCCCCC1.O=C(O)O. The second-order valence-electron chi connectivity index (χ2n) is 5.46. The van der Waals surface area contributed by atoms with Crippen LogP contribution in [-0.2, 0) is 0 Å². The van der Waals surface area contributed by atoms with Crippen molar-refractivity contribution in [3.63, 3.8) is 0 Å². The van der Waals surface area contributed by atoms with Gasteiger partial charge in [0.25, 0.3) is 0 Å². The zero-order valence-electron chi connectivity index (χ0n) is 12.3. The minimum atomic E-state index is -1.83. The van der Waals surface area contributed by atoms with Crippen LogP contribution in [-0.4, -0.2) is 28.6 Å². The first-order valence-electron chi connectivity index (χ1n) is 7.85. The van der Waals surface area contributed by atoms with Crippen LogP contribution in [0, 0.1) is 0 Å². The van der Waals surface area contributed by atoms with Gasteiger partial charge in [-0.2, -0.15) is 0 Å². The van der Waals surface area contributed by atoms with Crippen LogP contribution in [0.1, 0.15) is 70.6 Å². The lowest BCUT2D eigenvalue weighted by Gasteiger charge is -2.16. The minimum absolute atomic E-state index is 1.08. The van der Waals surface area contributed by atoms with Gasteiger partial charge in [0.05, 0.1) is 0 Å². The number of hydrogen-bond acceptors (Lipinski definition) is 2. The number of allylic oxidation sites excluding steroid dienone is 2. The van der Waals surface area contributed by atoms with E-state index in [1.807, 2.05) is 0 Å². The van der Waals surface area contributed by atoms with Gasteiger partial charge in [-0.15, -0.1) is 0 Å². The number of nitrogens with zero attached hydrogens (tertiary/aromatic N) is 1. The van der Waals surface area contributed by atoms with Crippen molar-refractivity contribution in [2.75, 3.05) is 6.54 Å². The molecule has 0 aromatic rings. The van der Waals surface area contributed by atoms with E-state index < -0.39 is 6.16 Å². The summed E-state index contributed by atoms with van der Waals surface area (Å²) >= 11 is 0. The maximum absolute atomic E-state index is 8.56. The average molecular weight is 281 g/mol. The minimum Gasteiger partial charge on any atom is -0.450 e. The van der Waals surface area contributed by atoms with Crippen molar-refractivity contribution in [2.24, 2.45) is 4.99 Å². The lowest BCUT2D eigenvalue weighted by molar-refractivity contribution is 0.137. The molecule has 4 nitrogen and oxygen atoms in total. The van der Waals surface area contributed by atoms with E-state index in [1.165, 1.54) is 76.3 Å². The smallest absolute Gasteiger partial charge is 0.450 e. The highest BCUT2D eigenvalue weighted by molar-refractivity contribution is 6.00. The predicted molar refractivity (Wildman–Crippen MR) is 81.8 cm³/mol. The van der Waals surface area contributed by atoms with E-state index in [1.54, 1.807) is 5.57 Å². The largest absolute Gasteiger partial charge is 0.503 e. The number of carboxylic acid groups (broad SMARTS) is 2. The molecule has 2 N–H and O–H groups in total. The van der Waals surface area contributed by atoms with E-state index in [0.717, 1.165) is 6.54 Å². The lowest BCUT2D eigenvalue weighted by atomic mass is 9.93. The van der Waals surface area contributed by atoms with Gasteiger partial charge in [0.2, 0.25) is 0 Å². The van der Waals surface area contributed by atoms with Crippen molar-refractivity contribution in [1.29, 1.82) is 0 Å². The average Bonchev–Trinajstić information content (AvgIpc) is 2.28. The van der Waals surface area contributed by atoms with Crippen LogP contribution in [0.4, 0.5) is 4.79 Å². The summed E-state index contributed by atoms with van der Waals surface area (Å²) in [5.74, 6) is 0. The molecular weight excluding hydrogens is 254 g/mol. The molecule has 0 amide bonds. The molecule has 0 spiro atoms. The molecule has 0 bridgehead atoms. The molecule has 4 heteroatoms. The van der Waals surface area contributed by atoms with Crippen molar-refractivity contribution in [3.05, 3.63) is 11.6 Å². The van der Waals surface area contributed by atoms with Gasteiger partial charge in [-0.25, -0.2) is 4.79 Å². The molecule has 0 radical (unpaired) electrons. The van der Waals surface area contributed by atoms with Crippen LogP contribution in [0.3, 0.4) is 0 Å². The van der Waals surface area contributed by atoms with Crippen molar-refractivity contribution in [1.82, 2.24) is 0 Å². The third-order valence-electron chi connectivity index (χ3n) is 3.79. The molecule has 20 heavy (non-hydrogen) atoms. The third kappa shape index (κ3) is 7.97. The van der Waals surface area contributed by atoms with Crippen molar-refractivity contribution < 1.29 is 15.0 Å². The van der Waals surface area contributed by atoms with Gasteiger partial charge in [0.1, 0.15) is 0 Å². The molecule has 114 valence electrons. The number of aliphatic imine (C=N–C) groups is 1. The maximum Gasteiger partial charge on any atom is 0.503 e. The summed E-state index contributed by atoms with van der Waals surface area (Å²) in [5, 5.41) is 13.9. The summed E-state index contributed by atoms with van der Waals surface area (Å²) in [5.41, 5.74) is 3.06. The number of rotatable bonds is 1. The Hall–Kier alpha value is -1.32. The predicted octanol–water partition coefficient (Wildman–Crippen LogP) is 4.89. The fourth-order valence-corrected chi connectivity index (χ4v) is 2.77. The summed E-state index contributed by atoms with van der Waals surface area (Å²) in [7, 11) is 0. The fourth-order valence-electron chi connectivity index (χ4n) is 2.77. The first kappa shape index (κ1) is 16.7. The van der Waals surface area contributed by atoms with Crippen molar-refractivity contribution in [2.45, 2.75) is 70.6 Å². The van der Waals surface area contributed by atoms with E-state index in [9.17, 15) is 0 Å². The Balaban J connectivity index is 0.000000444. The third-order valence-corrected chi connectivity index (χ3v) is 3.79. The number of carbonyl (C=O) groups is 1. The van der Waals surface area contributed by atoms with Gasteiger partial charge in [0, 0.05) is 12.3 Å². The Labute approximate surface area is 121 Å². The highest BCUT2D eigenvalue weighted by Gasteiger charge is 2.10. The van der Waals surface area contributed by atoms with E-state index in [-0.39, 0.29) is 0 Å². The Kier molecular flexibility index (Phi) is 8.76. The van der Waals surface area contributed by atoms with Crippen LogP contribution in [0.15, 0.2) is 16.6 Å². The Morgan fingerprint density at radius 1 is 0.900 bits per heavy atom. The molecule has 0 aromatic heterocycles. The first-order valence-corrected chi connectivity index (χ1v) is 7.85. The van der Waals surface area contributed by atoms with E-state index in [2.05, 4.69) is 6.08 Å². The van der Waals surface area contributed by atoms with E-state index >= 15 is 0 Å². The molecule has 1 aliphatic carbocycles. The molecule has 0 fully saturated rings.